The summed E-state index contributed by atoms with van der Waals surface area (Å²) in [5.41, 5.74) is -0.498. The average molecular weight is 511 g/mol. The first kappa shape index (κ1) is 23.8. The molecule has 0 saturated carbocycles. The Morgan fingerprint density at radius 1 is 0.781 bits per heavy atom. The molecule has 1 radical (unpaired) electrons. The van der Waals surface area contributed by atoms with Gasteiger partial charge in [-0.15, -0.1) is 5.11 Å². The Morgan fingerprint density at radius 3 is 2.12 bits per heavy atom. The summed E-state index contributed by atoms with van der Waals surface area (Å²) in [7, 11) is -10.1. The molecule has 0 aliphatic rings. The van der Waals surface area contributed by atoms with Gasteiger partial charge in [-0.05, 0) is 22.9 Å². The predicted molar refractivity (Wildman–Crippen MR) is 109 cm³/mol. The van der Waals surface area contributed by atoms with E-state index < -0.39 is 46.9 Å². The van der Waals surface area contributed by atoms with Crippen LogP contribution in [0.5, 0.6) is 5.75 Å². The van der Waals surface area contributed by atoms with Crippen molar-refractivity contribution in [2.75, 3.05) is 0 Å². The second kappa shape index (κ2) is 8.58. The molecule has 4 aromatic carbocycles. The van der Waals surface area contributed by atoms with Gasteiger partial charge in [-0.2, -0.15) is 13.5 Å². The minimum atomic E-state index is -5.08. The number of fused-ring (bicyclic) bond motifs is 2. The molecule has 0 fully saturated rings. The third-order valence-corrected chi connectivity index (χ3v) is 6.40. The molecule has 9 nitrogen and oxygen atoms in total. The maximum absolute atomic E-state index is 12.3. The van der Waals surface area contributed by atoms with Crippen molar-refractivity contribution in [1.82, 2.24) is 0 Å². The first-order valence-corrected chi connectivity index (χ1v) is 11.5. The van der Waals surface area contributed by atoms with Gasteiger partial charge in [-0.3, -0.25) is 4.55 Å². The molecule has 0 aromatic heterocycles. The van der Waals surface area contributed by atoms with E-state index in [1.807, 2.05) is 0 Å². The fourth-order valence-electron chi connectivity index (χ4n) is 3.29. The zero-order chi connectivity index (χ0) is 22.4. The fraction of sp³-hybridized carbons (Fsp3) is 0. The molecule has 0 saturated heterocycles. The SMILES string of the molecule is O=S(=O)([O-])c1cccc2ccc(N=Nc3c([O-])ccc4ccccc34)c(S(=O)(=O)O)c12.[Mn+2]. The van der Waals surface area contributed by atoms with Crippen LogP contribution in [0.2, 0.25) is 0 Å². The van der Waals surface area contributed by atoms with Gasteiger partial charge < -0.3 is 9.66 Å². The zero-order valence-electron chi connectivity index (χ0n) is 15.8. The molecule has 12 heteroatoms. The van der Waals surface area contributed by atoms with Crippen molar-refractivity contribution in [3.05, 3.63) is 66.7 Å². The van der Waals surface area contributed by atoms with Crippen LogP contribution in [0.15, 0.2) is 86.7 Å². The summed E-state index contributed by atoms with van der Waals surface area (Å²) in [6.07, 6.45) is 0. The first-order valence-electron chi connectivity index (χ1n) is 8.67. The van der Waals surface area contributed by atoms with Crippen molar-refractivity contribution >= 4 is 53.2 Å². The second-order valence-electron chi connectivity index (χ2n) is 6.53. The Morgan fingerprint density at radius 2 is 1.44 bits per heavy atom. The minimum absolute atomic E-state index is 0. The summed E-state index contributed by atoms with van der Waals surface area (Å²) in [4.78, 5) is -1.72. The van der Waals surface area contributed by atoms with Crippen molar-refractivity contribution < 1.29 is 48.1 Å². The van der Waals surface area contributed by atoms with Crippen LogP contribution in [-0.2, 0) is 37.3 Å². The van der Waals surface area contributed by atoms with Crippen LogP contribution < -0.4 is 5.11 Å². The molecule has 1 N–H and O–H groups in total. The summed E-state index contributed by atoms with van der Waals surface area (Å²) in [5, 5.41) is 20.7. The van der Waals surface area contributed by atoms with Crippen LogP contribution in [0, 0.1) is 0 Å². The van der Waals surface area contributed by atoms with Crippen LogP contribution in [0.25, 0.3) is 21.5 Å². The van der Waals surface area contributed by atoms with Gasteiger partial charge in [0.25, 0.3) is 10.1 Å². The summed E-state index contributed by atoms with van der Waals surface area (Å²) in [6, 6.07) is 15.8. The van der Waals surface area contributed by atoms with E-state index in [4.69, 9.17) is 0 Å². The van der Waals surface area contributed by atoms with E-state index in [2.05, 4.69) is 10.2 Å². The third kappa shape index (κ3) is 4.37. The third-order valence-electron chi connectivity index (χ3n) is 4.59. The Bertz CT molecular complexity index is 1600. The van der Waals surface area contributed by atoms with Gasteiger partial charge in [-0.1, -0.05) is 60.3 Å². The van der Waals surface area contributed by atoms with Gasteiger partial charge in [0.05, 0.1) is 10.6 Å². The molecule has 0 aliphatic heterocycles. The topological polar surface area (TPSA) is 159 Å². The summed E-state index contributed by atoms with van der Waals surface area (Å²) < 4.78 is 69.1. The van der Waals surface area contributed by atoms with Gasteiger partial charge in [0.15, 0.2) is 0 Å². The molecule has 0 amide bonds. The molecule has 163 valence electrons. The molecular weight excluding hydrogens is 499 g/mol. The van der Waals surface area contributed by atoms with Crippen LogP contribution in [0.4, 0.5) is 11.4 Å². The van der Waals surface area contributed by atoms with Gasteiger partial charge in [-0.25, -0.2) is 8.42 Å². The number of hydrogen-bond donors (Lipinski definition) is 1. The molecule has 0 unspecified atom stereocenters. The molecule has 4 rings (SSSR count). The van der Waals surface area contributed by atoms with Crippen LogP contribution >= 0.6 is 0 Å². The quantitative estimate of drug-likeness (QED) is 0.249. The normalized spacial score (nSPS) is 12.3. The zero-order valence-corrected chi connectivity index (χ0v) is 18.6. The van der Waals surface area contributed by atoms with E-state index in [0.717, 1.165) is 6.07 Å². The van der Waals surface area contributed by atoms with Crippen molar-refractivity contribution in [3.63, 3.8) is 0 Å². The fourth-order valence-corrected chi connectivity index (χ4v) is 4.93. The van der Waals surface area contributed by atoms with Crippen molar-refractivity contribution in [2.45, 2.75) is 9.79 Å². The number of nitrogens with zero attached hydrogens (tertiary/aromatic N) is 2. The summed E-state index contributed by atoms with van der Waals surface area (Å²) >= 11 is 0. The maximum Gasteiger partial charge on any atom is 2.00 e. The second-order valence-corrected chi connectivity index (χ2v) is 9.24. The Labute approximate surface area is 193 Å². The average Bonchev–Trinajstić information content (AvgIpc) is 2.70. The molecule has 32 heavy (non-hydrogen) atoms. The van der Waals surface area contributed by atoms with E-state index in [1.54, 1.807) is 30.3 Å². The van der Waals surface area contributed by atoms with Gasteiger partial charge in [0.2, 0.25) is 0 Å². The largest absolute Gasteiger partial charge is 2.00 e. The molecular formula is C20H12MnN2O7S2. The van der Waals surface area contributed by atoms with Gasteiger partial charge in [0.1, 0.15) is 20.7 Å². The number of benzene rings is 4. The van der Waals surface area contributed by atoms with E-state index >= 15 is 0 Å². The predicted octanol–water partition coefficient (Wildman–Crippen LogP) is 3.63. The monoisotopic (exact) mass is 511 g/mol. The van der Waals surface area contributed by atoms with Crippen LogP contribution in [0.1, 0.15) is 0 Å². The summed E-state index contributed by atoms with van der Waals surface area (Å²) in [5.74, 6) is -0.473. The Balaban J connectivity index is 0.00000289. The number of rotatable bonds is 4. The van der Waals surface area contributed by atoms with E-state index in [1.165, 1.54) is 30.3 Å². The van der Waals surface area contributed by atoms with E-state index in [9.17, 15) is 31.0 Å². The Kier molecular flexibility index (Phi) is 6.38. The van der Waals surface area contributed by atoms with Gasteiger partial charge in [0, 0.05) is 10.8 Å². The van der Waals surface area contributed by atoms with Crippen molar-refractivity contribution in [2.24, 2.45) is 10.2 Å². The number of azo groups is 1. The molecule has 0 bridgehead atoms. The molecule has 0 atom stereocenters. The summed E-state index contributed by atoms with van der Waals surface area (Å²) in [6.45, 7) is 0. The molecule has 4 aromatic rings. The molecule has 0 heterocycles. The van der Waals surface area contributed by atoms with Crippen LogP contribution in [0.3, 0.4) is 0 Å². The van der Waals surface area contributed by atoms with Crippen molar-refractivity contribution in [3.8, 4) is 5.75 Å². The van der Waals surface area contributed by atoms with E-state index in [0.29, 0.717) is 10.8 Å². The minimum Gasteiger partial charge on any atom is -0.871 e. The standard InChI is InChI=1S/C20H14N2O7S2.Mn/c23-16-11-9-12-4-1-2-6-14(12)19(16)22-21-15-10-8-13-5-3-7-17(30(24,25)26)18(13)20(15)31(27,28)29;/h1-11,23H,(H,24,25,26)(H,27,28,29);/q;+2/p-2. The van der Waals surface area contributed by atoms with Gasteiger partial charge >= 0.3 is 17.1 Å². The first-order chi connectivity index (χ1) is 14.6. The number of hydrogen-bond acceptors (Lipinski definition) is 8. The maximum atomic E-state index is 12.3. The van der Waals surface area contributed by atoms with E-state index in [-0.39, 0.29) is 28.1 Å². The smallest absolute Gasteiger partial charge is 0.871 e. The van der Waals surface area contributed by atoms with Crippen LogP contribution in [-0.4, -0.2) is 25.9 Å². The van der Waals surface area contributed by atoms with Crippen molar-refractivity contribution in [1.29, 1.82) is 0 Å². The molecule has 0 spiro atoms. The Hall–Kier alpha value is -2.86. The molecule has 0 aliphatic carbocycles.